The molecule has 0 aromatic carbocycles. The van der Waals surface area contributed by atoms with Crippen molar-refractivity contribution in [3.05, 3.63) is 21.4 Å². The van der Waals surface area contributed by atoms with Crippen LogP contribution in [0, 0.1) is 5.41 Å². The third kappa shape index (κ3) is 2.02. The van der Waals surface area contributed by atoms with E-state index >= 15 is 0 Å². The Hall–Kier alpha value is -1.36. The maximum atomic E-state index is 13.2. The molecule has 0 unspecified atom stereocenters. The highest BCUT2D eigenvalue weighted by Gasteiger charge is 2.60. The Bertz CT molecular complexity index is 667. The first kappa shape index (κ1) is 15.2. The van der Waals surface area contributed by atoms with E-state index in [9.17, 15) is 14.7 Å². The van der Waals surface area contributed by atoms with Gasteiger partial charge in [-0.25, -0.2) is 0 Å². The molecule has 0 saturated carbocycles. The molecular formula is C18H23NO3S. The van der Waals surface area contributed by atoms with Crippen molar-refractivity contribution in [2.75, 3.05) is 0 Å². The van der Waals surface area contributed by atoms with Crippen molar-refractivity contribution in [1.29, 1.82) is 0 Å². The number of amides is 1. The van der Waals surface area contributed by atoms with Gasteiger partial charge in [0.15, 0.2) is 0 Å². The van der Waals surface area contributed by atoms with Crippen LogP contribution in [0.3, 0.4) is 0 Å². The summed E-state index contributed by atoms with van der Waals surface area (Å²) >= 11 is 1.71. The van der Waals surface area contributed by atoms with Crippen LogP contribution >= 0.6 is 11.3 Å². The monoisotopic (exact) mass is 333 g/mol. The molecule has 2 fully saturated rings. The second kappa shape index (κ2) is 5.33. The van der Waals surface area contributed by atoms with Crippen molar-refractivity contribution in [3.8, 4) is 0 Å². The minimum atomic E-state index is -0.728. The SMILES string of the molecule is CC[C@@]1(C(=O)O)C[C@@H]2CC[C@H]1N2C(=O)c1csc2c1CCCC2. The molecule has 5 heteroatoms. The lowest BCUT2D eigenvalue weighted by Crippen LogP contribution is -2.44. The summed E-state index contributed by atoms with van der Waals surface area (Å²) in [6, 6.07) is -0.00988. The summed E-state index contributed by atoms with van der Waals surface area (Å²) in [7, 11) is 0. The largest absolute Gasteiger partial charge is 0.481 e. The molecule has 124 valence electrons. The topological polar surface area (TPSA) is 57.6 Å². The Morgan fingerprint density at radius 2 is 2.13 bits per heavy atom. The van der Waals surface area contributed by atoms with Gasteiger partial charge in [-0.2, -0.15) is 0 Å². The van der Waals surface area contributed by atoms with Crippen LogP contribution < -0.4 is 0 Å². The highest BCUT2D eigenvalue weighted by Crippen LogP contribution is 2.52. The summed E-state index contributed by atoms with van der Waals surface area (Å²) in [6.07, 6.45) is 7.49. The van der Waals surface area contributed by atoms with E-state index in [2.05, 4.69) is 0 Å². The Labute approximate surface area is 140 Å². The van der Waals surface area contributed by atoms with Crippen LogP contribution in [0.4, 0.5) is 0 Å². The standard InChI is InChI=1S/C18H23NO3S/c1-2-18(17(21)22)9-11-7-8-15(18)19(11)16(20)13-10-23-14-6-4-3-5-12(13)14/h10-11,15H,2-9H2,1H3,(H,21,22)/t11-,15+,18+/m0/s1. The van der Waals surface area contributed by atoms with Crippen LogP contribution in [0.1, 0.15) is 66.2 Å². The van der Waals surface area contributed by atoms with Gasteiger partial charge in [0.05, 0.1) is 11.0 Å². The summed E-state index contributed by atoms with van der Waals surface area (Å²) in [5.41, 5.74) is 1.38. The molecule has 1 aliphatic carbocycles. The summed E-state index contributed by atoms with van der Waals surface area (Å²) in [6.45, 7) is 1.95. The fourth-order valence-electron chi connectivity index (χ4n) is 5.06. The van der Waals surface area contributed by atoms with Gasteiger partial charge in [0, 0.05) is 22.3 Å². The minimum Gasteiger partial charge on any atom is -0.481 e. The first-order chi connectivity index (χ1) is 11.1. The summed E-state index contributed by atoms with van der Waals surface area (Å²) in [5.74, 6) is -0.633. The van der Waals surface area contributed by atoms with Crippen molar-refractivity contribution in [1.82, 2.24) is 4.90 Å². The molecule has 1 amide bonds. The van der Waals surface area contributed by atoms with Crippen LogP contribution in [-0.2, 0) is 17.6 Å². The number of aryl methyl sites for hydroxylation is 1. The highest BCUT2D eigenvalue weighted by molar-refractivity contribution is 7.10. The van der Waals surface area contributed by atoms with E-state index in [1.165, 1.54) is 16.9 Å². The second-order valence-electron chi connectivity index (χ2n) is 7.24. The normalized spacial score (nSPS) is 32.1. The number of carbonyl (C=O) groups is 2. The number of carbonyl (C=O) groups excluding carboxylic acids is 1. The molecule has 3 aliphatic rings. The van der Waals surface area contributed by atoms with Crippen molar-refractivity contribution in [2.24, 2.45) is 5.41 Å². The van der Waals surface area contributed by atoms with Crippen molar-refractivity contribution in [2.45, 2.75) is 70.4 Å². The lowest BCUT2D eigenvalue weighted by atomic mass is 9.72. The molecule has 3 atom stereocenters. The van der Waals surface area contributed by atoms with Gasteiger partial charge in [-0.1, -0.05) is 6.92 Å². The minimum absolute atomic E-state index is 0.0912. The summed E-state index contributed by atoms with van der Waals surface area (Å²) in [4.78, 5) is 28.4. The van der Waals surface area contributed by atoms with E-state index in [1.54, 1.807) is 11.3 Å². The zero-order valence-corrected chi connectivity index (χ0v) is 14.3. The fourth-order valence-corrected chi connectivity index (χ4v) is 6.18. The van der Waals surface area contributed by atoms with Gasteiger partial charge in [0.2, 0.25) is 0 Å². The van der Waals surface area contributed by atoms with Gasteiger partial charge < -0.3 is 10.0 Å². The van der Waals surface area contributed by atoms with E-state index < -0.39 is 11.4 Å². The number of hydrogen-bond acceptors (Lipinski definition) is 3. The first-order valence-corrected chi connectivity index (χ1v) is 9.61. The van der Waals surface area contributed by atoms with E-state index in [4.69, 9.17) is 0 Å². The van der Waals surface area contributed by atoms with Crippen LogP contribution in [0.2, 0.25) is 0 Å². The number of nitrogens with zero attached hydrogens (tertiary/aromatic N) is 1. The van der Waals surface area contributed by atoms with Gasteiger partial charge in [0.1, 0.15) is 0 Å². The van der Waals surface area contributed by atoms with Gasteiger partial charge in [-0.3, -0.25) is 9.59 Å². The average molecular weight is 333 g/mol. The number of rotatable bonds is 3. The fraction of sp³-hybridized carbons (Fsp3) is 0.667. The maximum absolute atomic E-state index is 13.2. The maximum Gasteiger partial charge on any atom is 0.311 e. The lowest BCUT2D eigenvalue weighted by molar-refractivity contribution is -0.151. The molecule has 0 radical (unpaired) electrons. The molecule has 2 saturated heterocycles. The third-order valence-electron chi connectivity index (χ3n) is 6.32. The van der Waals surface area contributed by atoms with Crippen molar-refractivity contribution in [3.63, 3.8) is 0 Å². The molecule has 23 heavy (non-hydrogen) atoms. The second-order valence-corrected chi connectivity index (χ2v) is 8.20. The van der Waals surface area contributed by atoms with Crippen LogP contribution in [0.15, 0.2) is 5.38 Å². The average Bonchev–Trinajstić information content (AvgIpc) is 3.25. The molecule has 2 aliphatic heterocycles. The van der Waals surface area contributed by atoms with Crippen LogP contribution in [-0.4, -0.2) is 34.0 Å². The molecule has 0 spiro atoms. The predicted octanol–water partition coefficient (Wildman–Crippen LogP) is 3.48. The molecule has 4 rings (SSSR count). The van der Waals surface area contributed by atoms with Crippen LogP contribution in [0.5, 0.6) is 0 Å². The number of aliphatic carboxylic acids is 1. The smallest absolute Gasteiger partial charge is 0.311 e. The number of fused-ring (bicyclic) bond motifs is 3. The van der Waals surface area contributed by atoms with Crippen molar-refractivity contribution < 1.29 is 14.7 Å². The summed E-state index contributed by atoms with van der Waals surface area (Å²) < 4.78 is 0. The van der Waals surface area contributed by atoms with Gasteiger partial charge in [-0.05, 0) is 56.9 Å². The molecule has 1 aromatic rings. The van der Waals surface area contributed by atoms with E-state index in [1.807, 2.05) is 17.2 Å². The molecule has 1 N–H and O–H groups in total. The highest BCUT2D eigenvalue weighted by atomic mass is 32.1. The summed E-state index contributed by atoms with van der Waals surface area (Å²) in [5, 5.41) is 11.8. The van der Waals surface area contributed by atoms with E-state index in [-0.39, 0.29) is 18.0 Å². The lowest BCUT2D eigenvalue weighted by Gasteiger charge is -2.32. The number of carboxylic acid groups (broad SMARTS) is 1. The number of hydrogen-bond donors (Lipinski definition) is 1. The van der Waals surface area contributed by atoms with Gasteiger partial charge >= 0.3 is 5.97 Å². The zero-order chi connectivity index (χ0) is 16.2. The zero-order valence-electron chi connectivity index (χ0n) is 13.5. The van der Waals surface area contributed by atoms with Gasteiger partial charge in [0.25, 0.3) is 5.91 Å². The molecule has 1 aromatic heterocycles. The van der Waals surface area contributed by atoms with E-state index in [0.29, 0.717) is 12.8 Å². The number of thiophene rings is 1. The van der Waals surface area contributed by atoms with Crippen molar-refractivity contribution >= 4 is 23.2 Å². The quantitative estimate of drug-likeness (QED) is 0.921. The Morgan fingerprint density at radius 1 is 1.35 bits per heavy atom. The number of carboxylic acids is 1. The van der Waals surface area contributed by atoms with Crippen LogP contribution in [0.25, 0.3) is 0 Å². The first-order valence-electron chi connectivity index (χ1n) is 8.74. The van der Waals surface area contributed by atoms with E-state index in [0.717, 1.165) is 37.7 Å². The molecular weight excluding hydrogens is 310 g/mol. The Kier molecular flexibility index (Phi) is 3.52. The Balaban J connectivity index is 1.68. The predicted molar refractivity (Wildman–Crippen MR) is 88.9 cm³/mol. The molecule has 2 bridgehead atoms. The Morgan fingerprint density at radius 3 is 2.83 bits per heavy atom. The van der Waals surface area contributed by atoms with Gasteiger partial charge in [-0.15, -0.1) is 11.3 Å². The molecule has 3 heterocycles. The third-order valence-corrected chi connectivity index (χ3v) is 7.41. The molecule has 4 nitrogen and oxygen atoms in total.